The Hall–Kier alpha value is -3.53. The molecule has 29 heavy (non-hydrogen) atoms. The molecular formula is C18H17ClN4O6. The van der Waals surface area contributed by atoms with Crippen LogP contribution in [0.1, 0.15) is 6.92 Å². The van der Waals surface area contributed by atoms with Gasteiger partial charge in [0.15, 0.2) is 5.78 Å². The first kappa shape index (κ1) is 21.8. The van der Waals surface area contributed by atoms with Crippen LogP contribution in [-0.2, 0) is 9.59 Å². The average molecular weight is 421 g/mol. The van der Waals surface area contributed by atoms with Gasteiger partial charge in [0.2, 0.25) is 6.04 Å². The molecule has 0 saturated carbocycles. The minimum Gasteiger partial charge on any atom is -0.497 e. The fourth-order valence-corrected chi connectivity index (χ4v) is 2.47. The van der Waals surface area contributed by atoms with Gasteiger partial charge in [0, 0.05) is 30.0 Å². The second kappa shape index (κ2) is 9.60. The maximum Gasteiger partial charge on any atom is 0.276 e. The molecule has 0 aliphatic rings. The lowest BCUT2D eigenvalue weighted by Gasteiger charge is -2.19. The van der Waals surface area contributed by atoms with E-state index in [2.05, 4.69) is 10.2 Å². The molecular weight excluding hydrogens is 404 g/mol. The summed E-state index contributed by atoms with van der Waals surface area (Å²) in [5.41, 5.74) is 0.269. The Labute approximate surface area is 171 Å². The number of benzene rings is 2. The smallest absolute Gasteiger partial charge is 0.276 e. The van der Waals surface area contributed by atoms with Gasteiger partial charge < -0.3 is 9.47 Å². The quantitative estimate of drug-likeness (QED) is 0.210. The Morgan fingerprint density at radius 1 is 1.14 bits per heavy atom. The largest absolute Gasteiger partial charge is 0.497 e. The van der Waals surface area contributed by atoms with Crippen molar-refractivity contribution in [1.82, 2.24) is 0 Å². The number of carbonyl (C=O) groups is 2. The fourth-order valence-electron chi connectivity index (χ4n) is 2.25. The van der Waals surface area contributed by atoms with Crippen molar-refractivity contribution < 1.29 is 24.0 Å². The van der Waals surface area contributed by atoms with E-state index in [0.29, 0.717) is 10.2 Å². The number of ether oxygens (including phenoxy) is 2. The first-order valence-electron chi connectivity index (χ1n) is 8.16. The lowest BCUT2D eigenvalue weighted by Crippen LogP contribution is -2.36. The van der Waals surface area contributed by atoms with Crippen molar-refractivity contribution in [1.29, 1.82) is 0 Å². The number of nitrogens with zero attached hydrogens (tertiary/aromatic N) is 4. The molecule has 10 nitrogen and oxygen atoms in total. The number of Topliss-reactive ketones (excluding diaryl/α,β-unsaturated/α-hetero) is 1. The van der Waals surface area contributed by atoms with Gasteiger partial charge in [-0.25, -0.2) is 4.42 Å². The van der Waals surface area contributed by atoms with Crippen molar-refractivity contribution >= 4 is 40.5 Å². The molecule has 0 saturated heterocycles. The van der Waals surface area contributed by atoms with Gasteiger partial charge in [-0.05, 0) is 31.2 Å². The zero-order valence-corrected chi connectivity index (χ0v) is 16.5. The summed E-state index contributed by atoms with van der Waals surface area (Å²) in [5.74, 6) is -0.737. The Balaban J connectivity index is 2.29. The second-order valence-electron chi connectivity index (χ2n) is 5.66. The van der Waals surface area contributed by atoms with Gasteiger partial charge in [-0.1, -0.05) is 0 Å². The van der Waals surface area contributed by atoms with Crippen molar-refractivity contribution in [3.8, 4) is 11.5 Å². The molecule has 1 amide bonds. The first-order chi connectivity index (χ1) is 13.8. The van der Waals surface area contributed by atoms with Crippen LogP contribution in [0.2, 0.25) is 0 Å². The zero-order valence-electron chi connectivity index (χ0n) is 15.7. The molecule has 2 aromatic carbocycles. The van der Waals surface area contributed by atoms with Crippen LogP contribution in [0, 0.1) is 10.1 Å². The van der Waals surface area contributed by atoms with Crippen molar-refractivity contribution in [3.05, 3.63) is 52.6 Å². The highest BCUT2D eigenvalue weighted by Crippen LogP contribution is 2.34. The van der Waals surface area contributed by atoms with Crippen LogP contribution < -0.4 is 13.9 Å². The number of non-ortho nitro benzene ring substituents is 1. The molecule has 0 fully saturated rings. The molecule has 0 N–H and O–H groups in total. The molecule has 2 rings (SSSR count). The molecule has 1 unspecified atom stereocenters. The van der Waals surface area contributed by atoms with E-state index < -0.39 is 22.7 Å². The molecule has 0 heterocycles. The Morgan fingerprint density at radius 3 is 2.31 bits per heavy atom. The van der Waals surface area contributed by atoms with E-state index in [9.17, 15) is 19.7 Å². The molecule has 0 aliphatic heterocycles. The number of nitro benzene ring substituents is 1. The predicted octanol–water partition coefficient (Wildman–Crippen LogP) is 3.84. The second-order valence-corrected chi connectivity index (χ2v) is 6.00. The molecule has 0 aliphatic carbocycles. The first-order valence-corrected chi connectivity index (χ1v) is 8.49. The van der Waals surface area contributed by atoms with Gasteiger partial charge in [-0.2, -0.15) is 10.2 Å². The zero-order chi connectivity index (χ0) is 21.6. The highest BCUT2D eigenvalue weighted by molar-refractivity contribution is 6.39. The third-order valence-electron chi connectivity index (χ3n) is 3.76. The monoisotopic (exact) mass is 420 g/mol. The van der Waals surface area contributed by atoms with Gasteiger partial charge in [-0.15, -0.1) is 0 Å². The molecule has 1 atom stereocenters. The summed E-state index contributed by atoms with van der Waals surface area (Å²) >= 11 is 6.17. The standard InChI is InChI=1S/C18H17ClN4O6/c1-11(24)17(21-20-12-4-6-13(7-5-12)23(26)27)18(25)22(19)15-10-14(28-2)8-9-16(15)29-3/h4-10,17H,1-3H3. The number of methoxy groups -OCH3 is 2. The van der Waals surface area contributed by atoms with Gasteiger partial charge in [0.05, 0.1) is 24.8 Å². The van der Waals surface area contributed by atoms with E-state index in [1.165, 1.54) is 51.5 Å². The number of carbonyl (C=O) groups excluding carboxylic acids is 2. The minimum atomic E-state index is -1.52. The van der Waals surface area contributed by atoms with Crippen molar-refractivity contribution in [2.24, 2.45) is 10.2 Å². The molecule has 152 valence electrons. The minimum absolute atomic E-state index is 0.125. The Bertz CT molecular complexity index is 948. The summed E-state index contributed by atoms with van der Waals surface area (Å²) < 4.78 is 11.0. The Morgan fingerprint density at radius 2 is 1.79 bits per heavy atom. The maximum absolute atomic E-state index is 12.8. The number of hydrogen-bond donors (Lipinski definition) is 0. The molecule has 0 bridgehead atoms. The van der Waals surface area contributed by atoms with E-state index in [-0.39, 0.29) is 22.8 Å². The van der Waals surface area contributed by atoms with E-state index in [1.54, 1.807) is 12.1 Å². The van der Waals surface area contributed by atoms with Gasteiger partial charge in [-0.3, -0.25) is 19.7 Å². The number of rotatable bonds is 8. The van der Waals surface area contributed by atoms with Gasteiger partial charge in [0.25, 0.3) is 11.6 Å². The van der Waals surface area contributed by atoms with Crippen LogP contribution in [0.5, 0.6) is 11.5 Å². The van der Waals surface area contributed by atoms with Crippen molar-refractivity contribution in [2.75, 3.05) is 18.6 Å². The SMILES string of the molecule is COc1ccc(OC)c(N(Cl)C(=O)C(N=Nc2ccc([N+](=O)[O-])cc2)C(C)=O)c1. The van der Waals surface area contributed by atoms with Crippen LogP contribution in [-0.4, -0.2) is 36.9 Å². The lowest BCUT2D eigenvalue weighted by atomic mass is 10.2. The van der Waals surface area contributed by atoms with E-state index >= 15 is 0 Å². The normalized spacial score (nSPS) is 11.7. The van der Waals surface area contributed by atoms with Crippen LogP contribution in [0.4, 0.5) is 17.1 Å². The predicted molar refractivity (Wildman–Crippen MR) is 105 cm³/mol. The number of hydrogen-bond acceptors (Lipinski definition) is 8. The van der Waals surface area contributed by atoms with Crippen LogP contribution in [0.15, 0.2) is 52.7 Å². The van der Waals surface area contributed by atoms with Gasteiger partial charge in [0.1, 0.15) is 17.2 Å². The molecule has 0 radical (unpaired) electrons. The maximum atomic E-state index is 12.8. The molecule has 11 heteroatoms. The lowest BCUT2D eigenvalue weighted by molar-refractivity contribution is -0.384. The third-order valence-corrected chi connectivity index (χ3v) is 4.11. The number of ketones is 1. The van der Waals surface area contributed by atoms with Gasteiger partial charge >= 0.3 is 0 Å². The summed E-state index contributed by atoms with van der Waals surface area (Å²) in [7, 11) is 2.85. The van der Waals surface area contributed by atoms with Crippen molar-refractivity contribution in [3.63, 3.8) is 0 Å². The third kappa shape index (κ3) is 5.26. The summed E-state index contributed by atoms with van der Waals surface area (Å²) in [6, 6.07) is 8.26. The average Bonchev–Trinajstić information content (AvgIpc) is 2.72. The summed E-state index contributed by atoms with van der Waals surface area (Å²) in [6.45, 7) is 1.17. The summed E-state index contributed by atoms with van der Waals surface area (Å²) in [4.78, 5) is 34.8. The number of anilines is 1. The Kier molecular flexibility index (Phi) is 7.21. The molecule has 0 aromatic heterocycles. The van der Waals surface area contributed by atoms with E-state index in [4.69, 9.17) is 21.3 Å². The van der Waals surface area contributed by atoms with Crippen LogP contribution in [0.3, 0.4) is 0 Å². The number of nitro groups is 1. The van der Waals surface area contributed by atoms with Crippen LogP contribution >= 0.6 is 11.8 Å². The number of halogens is 1. The topological polar surface area (TPSA) is 124 Å². The highest BCUT2D eigenvalue weighted by atomic mass is 35.5. The van der Waals surface area contributed by atoms with Crippen LogP contribution in [0.25, 0.3) is 0 Å². The summed E-state index contributed by atoms with van der Waals surface area (Å²) in [6.07, 6.45) is 0. The molecule has 2 aromatic rings. The number of amides is 1. The highest BCUT2D eigenvalue weighted by Gasteiger charge is 2.30. The van der Waals surface area contributed by atoms with E-state index in [1.807, 2.05) is 0 Å². The van der Waals surface area contributed by atoms with E-state index in [0.717, 1.165) is 0 Å². The molecule has 0 spiro atoms. The summed E-state index contributed by atoms with van der Waals surface area (Å²) in [5, 5.41) is 18.3. The van der Waals surface area contributed by atoms with Crippen molar-refractivity contribution in [2.45, 2.75) is 13.0 Å². The fraction of sp³-hybridized carbons (Fsp3) is 0.222. The number of azo groups is 1.